The highest BCUT2D eigenvalue weighted by Gasteiger charge is 2.24. The van der Waals surface area contributed by atoms with E-state index >= 15 is 0 Å². The molecule has 0 bridgehead atoms. The first kappa shape index (κ1) is 18.8. The fourth-order valence-electron chi connectivity index (χ4n) is 2.65. The fourth-order valence-corrected chi connectivity index (χ4v) is 2.65. The van der Waals surface area contributed by atoms with E-state index in [1.54, 1.807) is 0 Å². The van der Waals surface area contributed by atoms with Gasteiger partial charge in [0.2, 0.25) is 5.91 Å². The second-order valence-corrected chi connectivity index (χ2v) is 5.67. The zero-order valence-corrected chi connectivity index (χ0v) is 13.3. The lowest BCUT2D eigenvalue weighted by molar-refractivity contribution is -0.117. The Bertz CT molecular complexity index is 514. The van der Waals surface area contributed by atoms with Gasteiger partial charge in [-0.2, -0.15) is 0 Å². The average molecular weight is 334 g/mol. The van der Waals surface area contributed by atoms with E-state index < -0.39 is 11.6 Å². The molecule has 1 aliphatic heterocycles. The number of hydrogen-bond donors (Lipinski definition) is 2. The first-order chi connectivity index (χ1) is 9.95. The second-order valence-electron chi connectivity index (χ2n) is 5.67. The van der Waals surface area contributed by atoms with Gasteiger partial charge in [0.1, 0.15) is 11.6 Å². The molecule has 2 unspecified atom stereocenters. The summed E-state index contributed by atoms with van der Waals surface area (Å²) in [7, 11) is 0. The molecule has 7 heteroatoms. The zero-order valence-electron chi connectivity index (χ0n) is 12.5. The number of hydrogen-bond acceptors (Lipinski definition) is 3. The number of likely N-dealkylation sites (tertiary alicyclic amines) is 1. The molecule has 1 fully saturated rings. The normalized spacial score (nSPS) is 20.1. The van der Waals surface area contributed by atoms with Crippen LogP contribution in [-0.2, 0) is 4.79 Å². The maximum Gasteiger partial charge on any atom is 0.238 e. The standard InChI is InChI=1S/C15H21F2N3O.ClH/c1-10(18)11-3-2-6-20(8-11)9-15(21)19-14-7-12(16)4-5-13(14)17;/h4-5,7,10-11H,2-3,6,8-9,18H2,1H3,(H,19,21);1H. The molecular weight excluding hydrogens is 312 g/mol. The quantitative estimate of drug-likeness (QED) is 0.889. The molecule has 1 amide bonds. The highest BCUT2D eigenvalue weighted by molar-refractivity contribution is 5.92. The lowest BCUT2D eigenvalue weighted by Crippen LogP contribution is -2.45. The molecule has 124 valence electrons. The Morgan fingerprint density at radius 3 is 2.91 bits per heavy atom. The lowest BCUT2D eigenvalue weighted by Gasteiger charge is -2.34. The molecule has 0 radical (unpaired) electrons. The SMILES string of the molecule is CC(N)C1CCCN(CC(=O)Nc2cc(F)ccc2F)C1.Cl. The number of halogens is 3. The number of benzene rings is 1. The number of amides is 1. The van der Waals surface area contributed by atoms with Gasteiger partial charge in [0.25, 0.3) is 0 Å². The number of nitrogens with zero attached hydrogens (tertiary/aromatic N) is 1. The zero-order chi connectivity index (χ0) is 15.4. The van der Waals surface area contributed by atoms with Gasteiger partial charge in [0, 0.05) is 18.7 Å². The van der Waals surface area contributed by atoms with Crippen molar-refractivity contribution in [2.24, 2.45) is 11.7 Å². The highest BCUT2D eigenvalue weighted by atomic mass is 35.5. The van der Waals surface area contributed by atoms with Crippen LogP contribution in [-0.4, -0.2) is 36.5 Å². The molecular formula is C15H22ClF2N3O. The lowest BCUT2D eigenvalue weighted by atomic mass is 9.92. The third-order valence-electron chi connectivity index (χ3n) is 3.86. The van der Waals surface area contributed by atoms with E-state index in [1.807, 2.05) is 11.8 Å². The maximum atomic E-state index is 13.5. The topological polar surface area (TPSA) is 58.4 Å². The second kappa shape index (κ2) is 8.41. The molecule has 0 aliphatic carbocycles. The van der Waals surface area contributed by atoms with Crippen LogP contribution in [0.15, 0.2) is 18.2 Å². The first-order valence-corrected chi connectivity index (χ1v) is 7.18. The van der Waals surface area contributed by atoms with Crippen molar-refractivity contribution < 1.29 is 13.6 Å². The van der Waals surface area contributed by atoms with Crippen LogP contribution in [0.4, 0.5) is 14.5 Å². The summed E-state index contributed by atoms with van der Waals surface area (Å²) in [6.07, 6.45) is 2.06. The van der Waals surface area contributed by atoms with Gasteiger partial charge < -0.3 is 11.1 Å². The molecule has 0 aromatic heterocycles. The summed E-state index contributed by atoms with van der Waals surface area (Å²) in [4.78, 5) is 14.0. The Kier molecular flexibility index (Phi) is 7.19. The summed E-state index contributed by atoms with van der Waals surface area (Å²) in [5.41, 5.74) is 5.78. The molecule has 0 saturated carbocycles. The van der Waals surface area contributed by atoms with Crippen molar-refractivity contribution in [2.75, 3.05) is 25.0 Å². The van der Waals surface area contributed by atoms with Gasteiger partial charge in [-0.3, -0.25) is 9.69 Å². The molecule has 2 atom stereocenters. The Labute approximate surface area is 135 Å². The van der Waals surface area contributed by atoms with Gasteiger partial charge in [-0.15, -0.1) is 12.4 Å². The van der Waals surface area contributed by atoms with Crippen molar-refractivity contribution in [1.82, 2.24) is 4.90 Å². The molecule has 1 aliphatic rings. The predicted octanol–water partition coefficient (Wildman–Crippen LogP) is 2.38. The molecule has 3 N–H and O–H groups in total. The summed E-state index contributed by atoms with van der Waals surface area (Å²) in [5, 5.41) is 2.42. The van der Waals surface area contributed by atoms with E-state index in [0.717, 1.165) is 44.1 Å². The van der Waals surface area contributed by atoms with Crippen molar-refractivity contribution in [1.29, 1.82) is 0 Å². The van der Waals surface area contributed by atoms with Crippen molar-refractivity contribution in [3.63, 3.8) is 0 Å². The van der Waals surface area contributed by atoms with Crippen molar-refractivity contribution in [3.8, 4) is 0 Å². The minimum atomic E-state index is -0.642. The van der Waals surface area contributed by atoms with Crippen molar-refractivity contribution in [2.45, 2.75) is 25.8 Å². The van der Waals surface area contributed by atoms with Crippen LogP contribution in [0.2, 0.25) is 0 Å². The summed E-state index contributed by atoms with van der Waals surface area (Å²) < 4.78 is 26.5. The van der Waals surface area contributed by atoms with Crippen LogP contribution >= 0.6 is 12.4 Å². The van der Waals surface area contributed by atoms with E-state index in [4.69, 9.17) is 5.73 Å². The van der Waals surface area contributed by atoms with Gasteiger partial charge in [0.15, 0.2) is 0 Å². The molecule has 4 nitrogen and oxygen atoms in total. The molecule has 1 aromatic carbocycles. The van der Waals surface area contributed by atoms with Gasteiger partial charge in [0.05, 0.1) is 12.2 Å². The largest absolute Gasteiger partial charge is 0.328 e. The van der Waals surface area contributed by atoms with E-state index in [9.17, 15) is 13.6 Å². The Balaban J connectivity index is 0.00000242. The van der Waals surface area contributed by atoms with E-state index in [1.165, 1.54) is 0 Å². The third kappa shape index (κ3) is 5.19. The Morgan fingerprint density at radius 1 is 1.50 bits per heavy atom. The number of rotatable bonds is 4. The Morgan fingerprint density at radius 2 is 2.23 bits per heavy atom. The van der Waals surface area contributed by atoms with E-state index in [2.05, 4.69) is 5.32 Å². The summed E-state index contributed by atoms with van der Waals surface area (Å²) in [6, 6.07) is 3.09. The van der Waals surface area contributed by atoms with Gasteiger partial charge in [-0.05, 0) is 44.4 Å². The number of piperidine rings is 1. The number of carbonyl (C=O) groups is 1. The van der Waals surface area contributed by atoms with Crippen LogP contribution in [0.25, 0.3) is 0 Å². The van der Waals surface area contributed by atoms with Crippen LogP contribution in [0.3, 0.4) is 0 Å². The van der Waals surface area contributed by atoms with Crippen LogP contribution < -0.4 is 11.1 Å². The smallest absolute Gasteiger partial charge is 0.238 e. The maximum absolute atomic E-state index is 13.5. The third-order valence-corrected chi connectivity index (χ3v) is 3.86. The number of nitrogens with one attached hydrogen (secondary N) is 1. The average Bonchev–Trinajstić information content (AvgIpc) is 2.43. The molecule has 1 saturated heterocycles. The van der Waals surface area contributed by atoms with Crippen LogP contribution in [0, 0.1) is 17.6 Å². The van der Waals surface area contributed by atoms with Crippen LogP contribution in [0.5, 0.6) is 0 Å². The minimum absolute atomic E-state index is 0. The summed E-state index contributed by atoms with van der Waals surface area (Å²) in [6.45, 7) is 3.72. The fraction of sp³-hybridized carbons (Fsp3) is 0.533. The predicted molar refractivity (Wildman–Crippen MR) is 85.0 cm³/mol. The van der Waals surface area contributed by atoms with Gasteiger partial charge >= 0.3 is 0 Å². The molecule has 1 heterocycles. The summed E-state index contributed by atoms with van der Waals surface area (Å²) >= 11 is 0. The highest BCUT2D eigenvalue weighted by Crippen LogP contribution is 2.19. The monoisotopic (exact) mass is 333 g/mol. The number of carbonyl (C=O) groups excluding carboxylic acids is 1. The molecule has 0 spiro atoms. The van der Waals surface area contributed by atoms with Gasteiger partial charge in [-0.25, -0.2) is 8.78 Å². The van der Waals surface area contributed by atoms with Gasteiger partial charge in [-0.1, -0.05) is 0 Å². The summed E-state index contributed by atoms with van der Waals surface area (Å²) in [5.74, 6) is -1.19. The van der Waals surface area contributed by atoms with Crippen molar-refractivity contribution >= 4 is 24.0 Å². The number of anilines is 1. The molecule has 22 heavy (non-hydrogen) atoms. The number of nitrogens with two attached hydrogens (primary N) is 1. The first-order valence-electron chi connectivity index (χ1n) is 7.18. The molecule has 2 rings (SSSR count). The van der Waals surface area contributed by atoms with E-state index in [0.29, 0.717) is 5.92 Å². The van der Waals surface area contributed by atoms with E-state index in [-0.39, 0.29) is 36.6 Å². The molecule has 1 aromatic rings. The Hall–Kier alpha value is -1.24. The minimum Gasteiger partial charge on any atom is -0.328 e. The van der Waals surface area contributed by atoms with Crippen molar-refractivity contribution in [3.05, 3.63) is 29.8 Å². The van der Waals surface area contributed by atoms with Crippen LogP contribution in [0.1, 0.15) is 19.8 Å².